The number of hydrogen-bond acceptors (Lipinski definition) is 3. The van der Waals surface area contributed by atoms with Crippen LogP contribution in [0.4, 0.5) is 0 Å². The number of hydrogen-bond donors (Lipinski definition) is 1. The van der Waals surface area contributed by atoms with Crippen LogP contribution in [-0.2, 0) is 4.79 Å². The maximum absolute atomic E-state index is 12.6. The predicted molar refractivity (Wildman–Crippen MR) is 91.9 cm³/mol. The van der Waals surface area contributed by atoms with Gasteiger partial charge in [0.25, 0.3) is 0 Å². The van der Waals surface area contributed by atoms with Crippen molar-refractivity contribution in [2.24, 2.45) is 11.8 Å². The van der Waals surface area contributed by atoms with Gasteiger partial charge in [-0.3, -0.25) is 4.79 Å². The molecule has 2 fully saturated rings. The molecule has 1 N–H and O–H groups in total. The van der Waals surface area contributed by atoms with E-state index in [1.807, 2.05) is 7.05 Å². The van der Waals surface area contributed by atoms with Crippen molar-refractivity contribution < 1.29 is 4.79 Å². The molecule has 0 aromatic carbocycles. The van der Waals surface area contributed by atoms with Gasteiger partial charge in [0.1, 0.15) is 0 Å². The van der Waals surface area contributed by atoms with Gasteiger partial charge in [0.15, 0.2) is 0 Å². The average molecular weight is 309 g/mol. The number of nitrogens with zero attached hydrogens (tertiary/aromatic N) is 2. The first kappa shape index (κ1) is 17.7. The molecule has 2 rings (SSSR count). The highest BCUT2D eigenvalue weighted by Gasteiger charge is 2.28. The van der Waals surface area contributed by atoms with Gasteiger partial charge in [0.05, 0.1) is 0 Å². The van der Waals surface area contributed by atoms with E-state index in [4.69, 9.17) is 0 Å². The topological polar surface area (TPSA) is 35.6 Å². The van der Waals surface area contributed by atoms with Crippen LogP contribution >= 0.6 is 0 Å². The standard InChI is InChI=1S/C18H35N3O/c1-4-11-21-12-7-17(8-13-21)20(3)18(22)14-15(2)16-5-9-19-10-6-16/h15-17,19H,4-14H2,1-3H3. The number of nitrogens with one attached hydrogen (secondary N) is 1. The number of amides is 1. The Labute approximate surface area is 136 Å². The van der Waals surface area contributed by atoms with Gasteiger partial charge >= 0.3 is 0 Å². The Morgan fingerprint density at radius 2 is 1.86 bits per heavy atom. The Balaban J connectivity index is 1.74. The Morgan fingerprint density at radius 1 is 1.23 bits per heavy atom. The van der Waals surface area contributed by atoms with Crippen LogP contribution in [0.2, 0.25) is 0 Å². The molecule has 1 atom stereocenters. The van der Waals surface area contributed by atoms with E-state index in [0.29, 0.717) is 17.9 Å². The molecule has 0 aromatic heterocycles. The molecule has 2 aliphatic rings. The highest BCUT2D eigenvalue weighted by Crippen LogP contribution is 2.26. The van der Waals surface area contributed by atoms with E-state index in [9.17, 15) is 4.79 Å². The molecule has 1 unspecified atom stereocenters. The Hall–Kier alpha value is -0.610. The number of rotatable bonds is 6. The maximum Gasteiger partial charge on any atom is 0.222 e. The largest absolute Gasteiger partial charge is 0.343 e. The first-order valence-corrected chi connectivity index (χ1v) is 9.30. The molecule has 0 spiro atoms. The number of carbonyl (C=O) groups is 1. The highest BCUT2D eigenvalue weighted by atomic mass is 16.2. The molecule has 0 aliphatic carbocycles. The van der Waals surface area contributed by atoms with Crippen molar-refractivity contribution in [3.63, 3.8) is 0 Å². The van der Waals surface area contributed by atoms with Crippen molar-refractivity contribution >= 4 is 5.91 Å². The van der Waals surface area contributed by atoms with Crippen LogP contribution in [0.1, 0.15) is 52.4 Å². The van der Waals surface area contributed by atoms with Crippen LogP contribution in [0, 0.1) is 11.8 Å². The lowest BCUT2D eigenvalue weighted by Gasteiger charge is -2.37. The molecule has 22 heavy (non-hydrogen) atoms. The average Bonchev–Trinajstić information content (AvgIpc) is 2.56. The van der Waals surface area contributed by atoms with Crippen molar-refractivity contribution in [2.45, 2.75) is 58.4 Å². The fourth-order valence-electron chi connectivity index (χ4n) is 4.05. The van der Waals surface area contributed by atoms with Gasteiger partial charge in [-0.1, -0.05) is 13.8 Å². The molecule has 2 saturated heterocycles. The van der Waals surface area contributed by atoms with Crippen LogP contribution < -0.4 is 5.32 Å². The zero-order chi connectivity index (χ0) is 15.9. The molecule has 2 heterocycles. The van der Waals surface area contributed by atoms with Gasteiger partial charge in [-0.05, 0) is 63.6 Å². The Kier molecular flexibility index (Phi) is 7.16. The van der Waals surface area contributed by atoms with E-state index in [2.05, 4.69) is 29.0 Å². The van der Waals surface area contributed by atoms with Gasteiger partial charge < -0.3 is 15.1 Å². The minimum Gasteiger partial charge on any atom is -0.343 e. The molecular formula is C18H35N3O. The zero-order valence-electron chi connectivity index (χ0n) is 14.8. The highest BCUT2D eigenvalue weighted by molar-refractivity contribution is 5.76. The summed E-state index contributed by atoms with van der Waals surface area (Å²) in [7, 11) is 2.03. The van der Waals surface area contributed by atoms with E-state index in [1.165, 1.54) is 25.8 Å². The van der Waals surface area contributed by atoms with Gasteiger partial charge in [-0.15, -0.1) is 0 Å². The second-order valence-corrected chi connectivity index (χ2v) is 7.35. The summed E-state index contributed by atoms with van der Waals surface area (Å²) < 4.78 is 0. The van der Waals surface area contributed by atoms with Crippen molar-refractivity contribution in [2.75, 3.05) is 39.8 Å². The van der Waals surface area contributed by atoms with E-state index in [1.54, 1.807) is 0 Å². The Morgan fingerprint density at radius 3 is 2.45 bits per heavy atom. The summed E-state index contributed by atoms with van der Waals surface area (Å²) in [5, 5.41) is 3.41. The lowest BCUT2D eigenvalue weighted by atomic mass is 9.84. The molecule has 0 radical (unpaired) electrons. The third kappa shape index (κ3) is 4.95. The molecule has 4 heteroatoms. The molecule has 1 amide bonds. The van der Waals surface area contributed by atoms with Crippen LogP contribution in [0.3, 0.4) is 0 Å². The molecular weight excluding hydrogens is 274 g/mol. The third-order valence-electron chi connectivity index (χ3n) is 5.72. The molecule has 2 aliphatic heterocycles. The van der Waals surface area contributed by atoms with Crippen molar-refractivity contribution in [1.29, 1.82) is 0 Å². The number of likely N-dealkylation sites (tertiary alicyclic amines) is 1. The lowest BCUT2D eigenvalue weighted by molar-refractivity contribution is -0.134. The van der Waals surface area contributed by atoms with Gasteiger partial charge in [0.2, 0.25) is 5.91 Å². The summed E-state index contributed by atoms with van der Waals surface area (Å²) in [6.07, 6.45) is 6.71. The van der Waals surface area contributed by atoms with E-state index in [-0.39, 0.29) is 0 Å². The van der Waals surface area contributed by atoms with Crippen molar-refractivity contribution in [3.8, 4) is 0 Å². The van der Waals surface area contributed by atoms with Crippen molar-refractivity contribution in [3.05, 3.63) is 0 Å². The third-order valence-corrected chi connectivity index (χ3v) is 5.72. The fraction of sp³-hybridized carbons (Fsp3) is 0.944. The first-order chi connectivity index (χ1) is 10.6. The summed E-state index contributed by atoms with van der Waals surface area (Å²) in [6, 6.07) is 0.459. The fourth-order valence-corrected chi connectivity index (χ4v) is 4.05. The molecule has 0 saturated carbocycles. The predicted octanol–water partition coefficient (Wildman–Crippen LogP) is 2.34. The minimum absolute atomic E-state index is 0.361. The van der Waals surface area contributed by atoms with Crippen LogP contribution in [-0.4, -0.2) is 61.5 Å². The Bertz CT molecular complexity index is 333. The normalized spacial score (nSPS) is 23.4. The number of piperidine rings is 2. The van der Waals surface area contributed by atoms with E-state index >= 15 is 0 Å². The van der Waals surface area contributed by atoms with Crippen LogP contribution in [0.25, 0.3) is 0 Å². The summed E-state index contributed by atoms with van der Waals surface area (Å²) >= 11 is 0. The molecule has 128 valence electrons. The molecule has 0 aromatic rings. The SMILES string of the molecule is CCCN1CCC(N(C)C(=O)CC(C)C2CCNCC2)CC1. The molecule has 4 nitrogen and oxygen atoms in total. The summed E-state index contributed by atoms with van der Waals surface area (Å²) in [5.74, 6) is 1.61. The van der Waals surface area contributed by atoms with E-state index in [0.717, 1.165) is 51.4 Å². The van der Waals surface area contributed by atoms with Crippen LogP contribution in [0.15, 0.2) is 0 Å². The quantitative estimate of drug-likeness (QED) is 0.818. The zero-order valence-corrected chi connectivity index (χ0v) is 14.8. The summed E-state index contributed by atoms with van der Waals surface area (Å²) in [5.41, 5.74) is 0. The summed E-state index contributed by atoms with van der Waals surface area (Å²) in [6.45, 7) is 10.3. The second-order valence-electron chi connectivity index (χ2n) is 7.35. The van der Waals surface area contributed by atoms with Gasteiger partial charge in [0, 0.05) is 32.6 Å². The van der Waals surface area contributed by atoms with Crippen molar-refractivity contribution in [1.82, 2.24) is 15.1 Å². The minimum atomic E-state index is 0.361. The molecule has 0 bridgehead atoms. The number of carbonyl (C=O) groups excluding carboxylic acids is 1. The second kappa shape index (κ2) is 8.88. The van der Waals surface area contributed by atoms with Crippen LogP contribution in [0.5, 0.6) is 0 Å². The van der Waals surface area contributed by atoms with Gasteiger partial charge in [-0.25, -0.2) is 0 Å². The maximum atomic E-state index is 12.6. The van der Waals surface area contributed by atoms with Gasteiger partial charge in [-0.2, -0.15) is 0 Å². The lowest BCUT2D eigenvalue weighted by Crippen LogP contribution is -2.46. The first-order valence-electron chi connectivity index (χ1n) is 9.30. The smallest absolute Gasteiger partial charge is 0.222 e. The van der Waals surface area contributed by atoms with E-state index < -0.39 is 0 Å². The summed E-state index contributed by atoms with van der Waals surface area (Å²) in [4.78, 5) is 17.2. The monoisotopic (exact) mass is 309 g/mol.